The molecule has 1 aromatic heterocycles. The minimum atomic E-state index is -0.0341. The first kappa shape index (κ1) is 18.5. The molecule has 0 N–H and O–H groups in total. The fourth-order valence-electron chi connectivity index (χ4n) is 3.45. The molecular weight excluding hydrogens is 360 g/mol. The summed E-state index contributed by atoms with van der Waals surface area (Å²) in [7, 11) is 1.53. The van der Waals surface area contributed by atoms with Gasteiger partial charge in [0, 0.05) is 30.0 Å². The van der Waals surface area contributed by atoms with Gasteiger partial charge in [0.1, 0.15) is 0 Å². The third kappa shape index (κ3) is 3.72. The molecule has 2 aromatic carbocycles. The predicted molar refractivity (Wildman–Crippen MR) is 102 cm³/mol. The van der Waals surface area contributed by atoms with E-state index in [0.717, 1.165) is 29.5 Å². The number of Topliss-reactive ketones (excluding diaryl/α,β-unsaturated/α-hetero) is 1. The topological polar surface area (TPSA) is 74.0 Å². The maximum absolute atomic E-state index is 11.5. The SMILES string of the molecule is COc1cc(C(C)=O)ccc1OON1CCC(c2noc3ccccc23)CC1. The van der Waals surface area contributed by atoms with Crippen molar-refractivity contribution in [1.29, 1.82) is 0 Å². The summed E-state index contributed by atoms with van der Waals surface area (Å²) < 4.78 is 10.7. The molecule has 4 rings (SSSR count). The molecule has 1 aliphatic rings. The summed E-state index contributed by atoms with van der Waals surface area (Å²) in [5.41, 5.74) is 2.39. The standard InChI is InChI=1S/C21H22N2O5/c1-14(24)16-7-8-19(20(13-16)25-2)27-28-23-11-9-15(10-12-23)21-17-5-3-4-6-18(17)26-22-21/h3-8,13,15H,9-12H2,1-2H3. The number of fused-ring (bicyclic) bond motifs is 1. The lowest BCUT2D eigenvalue weighted by Gasteiger charge is -2.28. The van der Waals surface area contributed by atoms with E-state index >= 15 is 0 Å². The Morgan fingerprint density at radius 3 is 2.68 bits per heavy atom. The lowest BCUT2D eigenvalue weighted by molar-refractivity contribution is -0.372. The molecular formula is C21H22N2O5. The minimum Gasteiger partial charge on any atom is -0.493 e. The van der Waals surface area contributed by atoms with Crippen LogP contribution in [-0.4, -0.2) is 36.2 Å². The minimum absolute atomic E-state index is 0.0341. The van der Waals surface area contributed by atoms with E-state index in [1.54, 1.807) is 23.3 Å². The van der Waals surface area contributed by atoms with Crippen LogP contribution in [0.4, 0.5) is 0 Å². The summed E-state index contributed by atoms with van der Waals surface area (Å²) in [4.78, 5) is 22.4. The van der Waals surface area contributed by atoms with Gasteiger partial charge in [-0.1, -0.05) is 22.3 Å². The van der Waals surface area contributed by atoms with E-state index in [-0.39, 0.29) is 5.78 Å². The van der Waals surface area contributed by atoms with E-state index < -0.39 is 0 Å². The number of methoxy groups -OCH3 is 1. The van der Waals surface area contributed by atoms with Crippen LogP contribution in [0.25, 0.3) is 11.0 Å². The monoisotopic (exact) mass is 382 g/mol. The van der Waals surface area contributed by atoms with Crippen LogP contribution in [0.15, 0.2) is 47.0 Å². The average Bonchev–Trinajstić information content (AvgIpc) is 3.16. The second kappa shape index (κ2) is 8.00. The van der Waals surface area contributed by atoms with Crippen molar-refractivity contribution < 1.29 is 23.9 Å². The zero-order chi connectivity index (χ0) is 19.5. The van der Waals surface area contributed by atoms with Crippen LogP contribution >= 0.6 is 0 Å². The Balaban J connectivity index is 1.35. The summed E-state index contributed by atoms with van der Waals surface area (Å²) in [5, 5.41) is 7.13. The van der Waals surface area contributed by atoms with Gasteiger partial charge in [-0.15, -0.1) is 5.06 Å². The van der Waals surface area contributed by atoms with Crippen LogP contribution in [0.3, 0.4) is 0 Å². The summed E-state index contributed by atoms with van der Waals surface area (Å²) in [6.07, 6.45) is 1.78. The van der Waals surface area contributed by atoms with Crippen LogP contribution in [0.5, 0.6) is 11.5 Å². The van der Waals surface area contributed by atoms with Crippen LogP contribution in [0.2, 0.25) is 0 Å². The number of ether oxygens (including phenoxy) is 1. The number of benzene rings is 2. The molecule has 1 saturated heterocycles. The van der Waals surface area contributed by atoms with Gasteiger partial charge >= 0.3 is 0 Å². The molecule has 0 spiro atoms. The number of rotatable bonds is 6. The number of nitrogens with zero attached hydrogens (tertiary/aromatic N) is 2. The average molecular weight is 382 g/mol. The predicted octanol–water partition coefficient (Wildman–Crippen LogP) is 4.14. The van der Waals surface area contributed by atoms with Crippen molar-refractivity contribution in [1.82, 2.24) is 10.2 Å². The van der Waals surface area contributed by atoms with Gasteiger partial charge < -0.3 is 14.1 Å². The summed E-state index contributed by atoms with van der Waals surface area (Å²) >= 11 is 0. The first-order valence-electron chi connectivity index (χ1n) is 9.28. The molecule has 28 heavy (non-hydrogen) atoms. The number of hydrogen-bond acceptors (Lipinski definition) is 7. The van der Waals surface area contributed by atoms with E-state index in [0.29, 0.717) is 36.1 Å². The molecule has 0 aliphatic carbocycles. The van der Waals surface area contributed by atoms with Gasteiger partial charge in [-0.3, -0.25) is 4.79 Å². The van der Waals surface area contributed by atoms with Gasteiger partial charge in [0.05, 0.1) is 12.8 Å². The smallest absolute Gasteiger partial charge is 0.209 e. The fourth-order valence-corrected chi connectivity index (χ4v) is 3.45. The van der Waals surface area contributed by atoms with Crippen LogP contribution in [0, 0.1) is 0 Å². The van der Waals surface area contributed by atoms with Crippen molar-refractivity contribution in [2.24, 2.45) is 0 Å². The number of carbonyl (C=O) groups excluding carboxylic acids is 1. The summed E-state index contributed by atoms with van der Waals surface area (Å²) in [6.45, 7) is 2.92. The van der Waals surface area contributed by atoms with Gasteiger partial charge in [-0.05, 0) is 50.1 Å². The quantitative estimate of drug-likeness (QED) is 0.360. The molecule has 0 atom stereocenters. The maximum Gasteiger partial charge on any atom is 0.209 e. The van der Waals surface area contributed by atoms with Crippen molar-refractivity contribution in [2.45, 2.75) is 25.7 Å². The number of ketones is 1. The number of piperidine rings is 1. The third-order valence-corrected chi connectivity index (χ3v) is 5.05. The highest BCUT2D eigenvalue weighted by molar-refractivity contribution is 5.94. The molecule has 1 aliphatic heterocycles. The van der Waals surface area contributed by atoms with Gasteiger partial charge in [0.2, 0.25) is 5.75 Å². The highest BCUT2D eigenvalue weighted by Crippen LogP contribution is 2.33. The van der Waals surface area contributed by atoms with Gasteiger partial charge in [0.25, 0.3) is 0 Å². The molecule has 3 aromatic rings. The molecule has 7 heteroatoms. The van der Waals surface area contributed by atoms with Crippen molar-refractivity contribution in [2.75, 3.05) is 20.2 Å². The van der Waals surface area contributed by atoms with Crippen molar-refractivity contribution in [3.8, 4) is 11.5 Å². The number of hydroxylamine groups is 2. The second-order valence-electron chi connectivity index (χ2n) is 6.85. The fraction of sp³-hybridized carbons (Fsp3) is 0.333. The first-order valence-corrected chi connectivity index (χ1v) is 9.28. The Labute approximate surface area is 162 Å². The zero-order valence-corrected chi connectivity index (χ0v) is 15.9. The van der Waals surface area contributed by atoms with Gasteiger partial charge in [-0.2, -0.15) is 0 Å². The number of para-hydroxylation sites is 1. The highest BCUT2D eigenvalue weighted by atomic mass is 17.3. The Morgan fingerprint density at radius 1 is 1.14 bits per heavy atom. The van der Waals surface area contributed by atoms with Gasteiger partial charge in [-0.25, -0.2) is 0 Å². The third-order valence-electron chi connectivity index (χ3n) is 5.05. The maximum atomic E-state index is 11.5. The number of carbonyl (C=O) groups is 1. The lowest BCUT2D eigenvalue weighted by Crippen LogP contribution is -2.34. The molecule has 0 saturated carbocycles. The Bertz CT molecular complexity index is 976. The second-order valence-corrected chi connectivity index (χ2v) is 6.85. The molecule has 2 heterocycles. The lowest BCUT2D eigenvalue weighted by atomic mass is 9.92. The van der Waals surface area contributed by atoms with Crippen LogP contribution in [-0.2, 0) is 4.99 Å². The molecule has 0 unspecified atom stereocenters. The van der Waals surface area contributed by atoms with E-state index in [1.165, 1.54) is 14.0 Å². The van der Waals surface area contributed by atoms with Crippen molar-refractivity contribution >= 4 is 16.8 Å². The molecule has 1 fully saturated rings. The number of aromatic nitrogens is 1. The zero-order valence-electron chi connectivity index (χ0n) is 15.9. The summed E-state index contributed by atoms with van der Waals surface area (Å²) in [5.74, 6) is 1.18. The molecule has 0 bridgehead atoms. The molecule has 7 nitrogen and oxygen atoms in total. The van der Waals surface area contributed by atoms with E-state index in [1.807, 2.05) is 24.3 Å². The Kier molecular flexibility index (Phi) is 5.27. The molecule has 0 amide bonds. The first-order chi connectivity index (χ1) is 13.7. The molecule has 146 valence electrons. The van der Waals surface area contributed by atoms with Gasteiger partial charge in [0.15, 0.2) is 17.1 Å². The Morgan fingerprint density at radius 2 is 1.93 bits per heavy atom. The van der Waals surface area contributed by atoms with E-state index in [2.05, 4.69) is 5.16 Å². The Hall–Kier alpha value is -2.90. The normalized spacial score (nSPS) is 15.6. The van der Waals surface area contributed by atoms with E-state index in [4.69, 9.17) is 19.1 Å². The van der Waals surface area contributed by atoms with Crippen molar-refractivity contribution in [3.05, 3.63) is 53.7 Å². The van der Waals surface area contributed by atoms with Crippen LogP contribution in [0.1, 0.15) is 41.7 Å². The number of hydrogen-bond donors (Lipinski definition) is 0. The van der Waals surface area contributed by atoms with E-state index in [9.17, 15) is 4.79 Å². The van der Waals surface area contributed by atoms with Crippen molar-refractivity contribution in [3.63, 3.8) is 0 Å². The largest absolute Gasteiger partial charge is 0.493 e. The molecule has 0 radical (unpaired) electrons. The van der Waals surface area contributed by atoms with Crippen LogP contribution < -0.4 is 9.62 Å². The highest BCUT2D eigenvalue weighted by Gasteiger charge is 2.26. The summed E-state index contributed by atoms with van der Waals surface area (Å²) in [6, 6.07) is 12.9.